The van der Waals surface area contributed by atoms with Crippen molar-refractivity contribution < 1.29 is 14.4 Å². The summed E-state index contributed by atoms with van der Waals surface area (Å²) in [5.41, 5.74) is 3.84. The quantitative estimate of drug-likeness (QED) is 0.733. The van der Waals surface area contributed by atoms with Crippen LogP contribution in [0.2, 0.25) is 0 Å². The van der Waals surface area contributed by atoms with Gasteiger partial charge in [0.2, 0.25) is 5.91 Å². The molecule has 2 atom stereocenters. The van der Waals surface area contributed by atoms with Crippen LogP contribution in [0.4, 0.5) is 5.69 Å². The molecule has 150 valence electrons. The third kappa shape index (κ3) is 2.95. The van der Waals surface area contributed by atoms with Gasteiger partial charge in [-0.15, -0.1) is 0 Å². The van der Waals surface area contributed by atoms with Gasteiger partial charge in [0.05, 0.1) is 12.3 Å². The number of nitrogens with zero attached hydrogens (tertiary/aromatic N) is 1. The number of fused-ring (bicyclic) bond motifs is 1. The van der Waals surface area contributed by atoms with E-state index in [4.69, 9.17) is 4.52 Å². The Balaban J connectivity index is 1.86. The van der Waals surface area contributed by atoms with Crippen LogP contribution < -0.4 is 10.6 Å². The normalized spacial score (nSPS) is 23.5. The molecule has 2 aromatic rings. The first-order valence-corrected chi connectivity index (χ1v) is 10.2. The maximum atomic E-state index is 13.3. The van der Waals surface area contributed by atoms with E-state index in [-0.39, 0.29) is 24.5 Å². The van der Waals surface area contributed by atoms with Gasteiger partial charge in [-0.3, -0.25) is 10.1 Å². The van der Waals surface area contributed by atoms with Gasteiger partial charge in [0.25, 0.3) is 0 Å². The SMILES string of the molecule is Cc1noc(C)c1-c1ccc2c(c1)C(NC(C)CO)(C1CCCCC1)C(=O)N2. The molecule has 0 saturated heterocycles. The minimum atomic E-state index is -0.813. The van der Waals surface area contributed by atoms with Gasteiger partial charge in [-0.25, -0.2) is 0 Å². The number of aryl methyl sites for hydroxylation is 2. The van der Waals surface area contributed by atoms with Gasteiger partial charge in [0, 0.05) is 22.9 Å². The van der Waals surface area contributed by atoms with E-state index in [9.17, 15) is 9.90 Å². The highest BCUT2D eigenvalue weighted by Crippen LogP contribution is 2.48. The van der Waals surface area contributed by atoms with Gasteiger partial charge in [0.1, 0.15) is 11.3 Å². The summed E-state index contributed by atoms with van der Waals surface area (Å²) in [5, 5.41) is 20.4. The van der Waals surface area contributed by atoms with E-state index in [0.717, 1.165) is 59.5 Å². The van der Waals surface area contributed by atoms with E-state index < -0.39 is 5.54 Å². The summed E-state index contributed by atoms with van der Waals surface area (Å²) in [7, 11) is 0. The van der Waals surface area contributed by atoms with Crippen LogP contribution in [0.3, 0.4) is 0 Å². The molecule has 1 aliphatic carbocycles. The number of hydrogen-bond acceptors (Lipinski definition) is 5. The van der Waals surface area contributed by atoms with Gasteiger partial charge < -0.3 is 14.9 Å². The molecule has 2 unspecified atom stereocenters. The first-order valence-electron chi connectivity index (χ1n) is 10.2. The van der Waals surface area contributed by atoms with Crippen LogP contribution in [-0.4, -0.2) is 28.8 Å². The summed E-state index contributed by atoms with van der Waals surface area (Å²) >= 11 is 0. The Morgan fingerprint density at radius 3 is 2.71 bits per heavy atom. The monoisotopic (exact) mass is 383 g/mol. The highest BCUT2D eigenvalue weighted by Gasteiger charge is 2.52. The fourth-order valence-electron chi connectivity index (χ4n) is 5.01. The van der Waals surface area contributed by atoms with E-state index in [1.54, 1.807) is 0 Å². The zero-order valence-electron chi connectivity index (χ0n) is 16.8. The lowest BCUT2D eigenvalue weighted by molar-refractivity contribution is -0.125. The van der Waals surface area contributed by atoms with Crippen LogP contribution in [0.1, 0.15) is 56.0 Å². The van der Waals surface area contributed by atoms with E-state index in [2.05, 4.69) is 21.9 Å². The third-order valence-corrected chi connectivity index (χ3v) is 6.34. The molecule has 4 rings (SSSR count). The lowest BCUT2D eigenvalue weighted by atomic mass is 9.70. The number of aliphatic hydroxyl groups excluding tert-OH is 1. The molecule has 1 aromatic carbocycles. The van der Waals surface area contributed by atoms with Crippen LogP contribution in [0.5, 0.6) is 0 Å². The second-order valence-corrected chi connectivity index (χ2v) is 8.28. The number of carbonyl (C=O) groups excluding carboxylic acids is 1. The number of anilines is 1. The van der Waals surface area contributed by atoms with Crippen molar-refractivity contribution in [3.8, 4) is 11.1 Å². The average Bonchev–Trinajstić information content (AvgIpc) is 3.18. The highest BCUT2D eigenvalue weighted by molar-refractivity contribution is 6.06. The molecular formula is C22H29N3O3. The average molecular weight is 383 g/mol. The molecule has 6 nitrogen and oxygen atoms in total. The molecule has 1 saturated carbocycles. The van der Waals surface area contributed by atoms with Crippen molar-refractivity contribution in [3.63, 3.8) is 0 Å². The molecule has 3 N–H and O–H groups in total. The predicted octanol–water partition coefficient (Wildman–Crippen LogP) is 3.66. The number of aromatic nitrogens is 1. The number of rotatable bonds is 5. The number of carbonyl (C=O) groups is 1. The second kappa shape index (κ2) is 7.33. The van der Waals surface area contributed by atoms with Crippen molar-refractivity contribution in [2.75, 3.05) is 11.9 Å². The predicted molar refractivity (Wildman–Crippen MR) is 108 cm³/mol. The molecule has 1 aliphatic heterocycles. The van der Waals surface area contributed by atoms with Crippen LogP contribution in [0.15, 0.2) is 22.7 Å². The smallest absolute Gasteiger partial charge is 0.249 e. The molecule has 1 fully saturated rings. The minimum absolute atomic E-state index is 0.00869. The van der Waals surface area contributed by atoms with E-state index in [1.807, 2.05) is 32.9 Å². The maximum absolute atomic E-state index is 13.3. The van der Waals surface area contributed by atoms with E-state index in [0.29, 0.717) is 0 Å². The fraction of sp³-hybridized carbons (Fsp3) is 0.545. The van der Waals surface area contributed by atoms with Gasteiger partial charge in [-0.2, -0.15) is 0 Å². The van der Waals surface area contributed by atoms with Crippen LogP contribution in [0, 0.1) is 19.8 Å². The Labute approximate surface area is 165 Å². The Bertz CT molecular complexity index is 866. The van der Waals surface area contributed by atoms with E-state index in [1.165, 1.54) is 6.42 Å². The van der Waals surface area contributed by atoms with Crippen molar-refractivity contribution in [2.24, 2.45) is 5.92 Å². The molecule has 0 radical (unpaired) electrons. The zero-order valence-corrected chi connectivity index (χ0v) is 16.8. The molecule has 0 spiro atoms. The van der Waals surface area contributed by atoms with E-state index >= 15 is 0 Å². The summed E-state index contributed by atoms with van der Waals surface area (Å²) in [6.07, 6.45) is 5.50. The van der Waals surface area contributed by atoms with Crippen molar-refractivity contribution in [3.05, 3.63) is 35.2 Å². The highest BCUT2D eigenvalue weighted by atomic mass is 16.5. The molecule has 28 heavy (non-hydrogen) atoms. The second-order valence-electron chi connectivity index (χ2n) is 8.28. The molecular weight excluding hydrogens is 354 g/mol. The van der Waals surface area contributed by atoms with Gasteiger partial charge in [-0.1, -0.05) is 30.5 Å². The van der Waals surface area contributed by atoms with Gasteiger partial charge in [-0.05, 0) is 57.2 Å². The largest absolute Gasteiger partial charge is 0.395 e. The summed E-state index contributed by atoms with van der Waals surface area (Å²) in [5.74, 6) is 0.969. The van der Waals surface area contributed by atoms with Gasteiger partial charge in [0.15, 0.2) is 0 Å². The first-order chi connectivity index (χ1) is 13.5. The third-order valence-electron chi connectivity index (χ3n) is 6.34. The van der Waals surface area contributed by atoms with Crippen LogP contribution in [0.25, 0.3) is 11.1 Å². The number of aliphatic hydroxyl groups is 1. The number of benzene rings is 1. The fourth-order valence-corrected chi connectivity index (χ4v) is 5.01. The van der Waals surface area contributed by atoms with Crippen molar-refractivity contribution in [2.45, 2.75) is 64.5 Å². The molecule has 2 aliphatic rings. The van der Waals surface area contributed by atoms with Crippen molar-refractivity contribution in [1.82, 2.24) is 10.5 Å². The first kappa shape index (κ1) is 19.2. The molecule has 2 heterocycles. The minimum Gasteiger partial charge on any atom is -0.395 e. The maximum Gasteiger partial charge on any atom is 0.249 e. The van der Waals surface area contributed by atoms with Crippen molar-refractivity contribution in [1.29, 1.82) is 0 Å². The molecule has 0 bridgehead atoms. The molecule has 1 amide bonds. The lowest BCUT2D eigenvalue weighted by Crippen LogP contribution is -2.57. The Morgan fingerprint density at radius 2 is 2.07 bits per heavy atom. The zero-order chi connectivity index (χ0) is 19.9. The number of amides is 1. The lowest BCUT2D eigenvalue weighted by Gasteiger charge is -2.40. The van der Waals surface area contributed by atoms with Gasteiger partial charge >= 0.3 is 0 Å². The summed E-state index contributed by atoms with van der Waals surface area (Å²) in [4.78, 5) is 13.3. The Kier molecular flexibility index (Phi) is 5.02. The molecule has 1 aromatic heterocycles. The Hall–Kier alpha value is -2.18. The standard InChI is InChI=1S/C22H29N3O3/c1-13(12-26)24-22(17-7-5-4-6-8-17)18-11-16(9-10-19(18)23-21(22)27)20-14(2)25-28-15(20)3/h9-11,13,17,24,26H,4-8,12H2,1-3H3,(H,23,27). The van der Waals surface area contributed by atoms with Crippen molar-refractivity contribution >= 4 is 11.6 Å². The Morgan fingerprint density at radius 1 is 1.32 bits per heavy atom. The molecule has 6 heteroatoms. The van der Waals surface area contributed by atoms with Crippen LogP contribution in [-0.2, 0) is 10.3 Å². The number of hydrogen-bond donors (Lipinski definition) is 3. The topological polar surface area (TPSA) is 87.4 Å². The summed E-state index contributed by atoms with van der Waals surface area (Å²) in [6, 6.07) is 5.91. The summed E-state index contributed by atoms with van der Waals surface area (Å²) in [6.45, 7) is 5.75. The van der Waals surface area contributed by atoms with Crippen LogP contribution >= 0.6 is 0 Å². The summed E-state index contributed by atoms with van der Waals surface area (Å²) < 4.78 is 5.36. The number of nitrogens with one attached hydrogen (secondary N) is 2.